The minimum atomic E-state index is -5.33. The fraction of sp³-hybridized carbons (Fsp3) is 0.364. The first kappa shape index (κ1) is 14.9. The van der Waals surface area contributed by atoms with Gasteiger partial charge in [-0.05, 0) is 17.5 Å². The second-order valence-electron chi connectivity index (χ2n) is 4.39. The van der Waals surface area contributed by atoms with E-state index >= 15 is 0 Å². The van der Waals surface area contributed by atoms with E-state index in [9.17, 15) is 26.4 Å². The number of nitrogens with two attached hydrogens (primary N) is 1. The Balaban J connectivity index is 2.79. The zero-order valence-electron chi connectivity index (χ0n) is 10.1. The van der Waals surface area contributed by atoms with Crippen LogP contribution in [0.4, 0.5) is 13.2 Å². The van der Waals surface area contributed by atoms with Crippen molar-refractivity contribution in [2.24, 2.45) is 5.14 Å². The molecule has 1 aliphatic rings. The van der Waals surface area contributed by atoms with E-state index in [1.165, 1.54) is 12.1 Å². The van der Waals surface area contributed by atoms with Gasteiger partial charge in [-0.25, -0.2) is 13.6 Å². The Hall–Kier alpha value is -1.45. The van der Waals surface area contributed by atoms with Crippen LogP contribution in [-0.4, -0.2) is 26.9 Å². The molecule has 0 fully saturated rings. The lowest BCUT2D eigenvalue weighted by molar-refractivity contribution is -0.175. The zero-order chi connectivity index (χ0) is 15.2. The van der Waals surface area contributed by atoms with Crippen LogP contribution in [0, 0.1) is 0 Å². The van der Waals surface area contributed by atoms with Crippen LogP contribution in [0.15, 0.2) is 24.3 Å². The summed E-state index contributed by atoms with van der Waals surface area (Å²) in [5.74, 6) is -2.43. The lowest BCUT2D eigenvalue weighted by atomic mass is 9.91. The third-order valence-corrected chi connectivity index (χ3v) is 4.57. The lowest BCUT2D eigenvalue weighted by Crippen LogP contribution is -2.63. The van der Waals surface area contributed by atoms with Crippen LogP contribution < -0.4 is 10.5 Å². The van der Waals surface area contributed by atoms with Gasteiger partial charge in [0, 0.05) is 6.54 Å². The number of sulfonamides is 1. The van der Waals surface area contributed by atoms with E-state index in [2.05, 4.69) is 5.32 Å². The van der Waals surface area contributed by atoms with Crippen LogP contribution in [0.5, 0.6) is 0 Å². The average Bonchev–Trinajstić information content (AvgIpc) is 2.34. The second kappa shape index (κ2) is 4.54. The fourth-order valence-corrected chi connectivity index (χ4v) is 3.52. The fourth-order valence-electron chi connectivity index (χ4n) is 2.34. The van der Waals surface area contributed by atoms with Gasteiger partial charge in [0.2, 0.25) is 14.9 Å². The Bertz CT molecular complexity index is 657. The van der Waals surface area contributed by atoms with Crippen molar-refractivity contribution >= 4 is 15.8 Å². The molecule has 0 radical (unpaired) electrons. The molecule has 0 bridgehead atoms. The summed E-state index contributed by atoms with van der Waals surface area (Å²) >= 11 is 0. The molecule has 0 amide bonds. The molecule has 1 heterocycles. The highest BCUT2D eigenvalue weighted by atomic mass is 32.2. The van der Waals surface area contributed by atoms with Crippen molar-refractivity contribution in [1.82, 2.24) is 5.32 Å². The van der Waals surface area contributed by atoms with Crippen molar-refractivity contribution in [2.75, 3.05) is 6.54 Å². The molecular weight excluding hydrogens is 297 g/mol. The zero-order valence-corrected chi connectivity index (χ0v) is 10.9. The first-order valence-electron chi connectivity index (χ1n) is 5.58. The topological polar surface area (TPSA) is 89.3 Å². The monoisotopic (exact) mass is 308 g/mol. The highest BCUT2D eigenvalue weighted by Gasteiger charge is 2.61. The first-order chi connectivity index (χ1) is 9.11. The standard InChI is InChI=1S/C11H11F3N2O3S/c12-11(13,14)9(17)10(20(15,18)19)8-4-2-1-3-7(8)5-6-16-10/h1-4,16H,5-6H2,(H2,15,18,19). The molecule has 2 rings (SSSR count). The maximum absolute atomic E-state index is 12.8. The number of rotatable bonds is 2. The number of primary sulfonamides is 1. The molecule has 1 atom stereocenters. The third kappa shape index (κ3) is 2.11. The maximum Gasteiger partial charge on any atom is 0.453 e. The molecule has 9 heteroatoms. The van der Waals surface area contributed by atoms with E-state index in [-0.39, 0.29) is 12.1 Å². The van der Waals surface area contributed by atoms with E-state index in [1.54, 1.807) is 6.07 Å². The molecule has 0 aliphatic carbocycles. The number of ketones is 1. The highest BCUT2D eigenvalue weighted by Crippen LogP contribution is 2.38. The number of nitrogens with one attached hydrogen (secondary N) is 1. The van der Waals surface area contributed by atoms with Gasteiger partial charge in [-0.15, -0.1) is 0 Å². The molecule has 0 saturated heterocycles. The van der Waals surface area contributed by atoms with Crippen LogP contribution in [0.25, 0.3) is 0 Å². The number of carbonyl (C=O) groups excluding carboxylic acids is 1. The molecule has 1 unspecified atom stereocenters. The summed E-state index contributed by atoms with van der Waals surface area (Å²) in [6, 6.07) is 5.54. The first-order valence-corrected chi connectivity index (χ1v) is 7.13. The molecule has 0 aromatic heterocycles. The molecule has 20 heavy (non-hydrogen) atoms. The van der Waals surface area contributed by atoms with Crippen molar-refractivity contribution in [3.05, 3.63) is 35.4 Å². The minimum absolute atomic E-state index is 0.102. The van der Waals surface area contributed by atoms with E-state index in [0.717, 1.165) is 6.07 Å². The molecule has 5 nitrogen and oxygen atoms in total. The largest absolute Gasteiger partial charge is 0.453 e. The number of benzene rings is 1. The Morgan fingerprint density at radius 1 is 1.30 bits per heavy atom. The molecule has 1 aliphatic heterocycles. The van der Waals surface area contributed by atoms with Gasteiger partial charge >= 0.3 is 6.18 Å². The number of alkyl halides is 3. The quantitative estimate of drug-likeness (QED) is 0.828. The van der Waals surface area contributed by atoms with Gasteiger partial charge in [0.25, 0.3) is 5.78 Å². The van der Waals surface area contributed by atoms with Crippen LogP contribution in [0.3, 0.4) is 0 Å². The summed E-state index contributed by atoms with van der Waals surface area (Å²) in [5, 5.41) is 7.10. The predicted octanol–water partition coefficient (Wildman–Crippen LogP) is 0.405. The molecule has 0 spiro atoms. The summed E-state index contributed by atoms with van der Waals surface area (Å²) in [6.07, 6.45) is -5.03. The predicted molar refractivity (Wildman–Crippen MR) is 64.0 cm³/mol. The summed E-state index contributed by atoms with van der Waals surface area (Å²) in [5.41, 5.74) is 0.0777. The molecule has 110 valence electrons. The molecule has 3 N–H and O–H groups in total. The van der Waals surface area contributed by atoms with Crippen LogP contribution in [0.2, 0.25) is 0 Å². The van der Waals surface area contributed by atoms with E-state index < -0.39 is 26.9 Å². The number of hydrogen-bond donors (Lipinski definition) is 2. The molecule has 1 aromatic rings. The Labute approximate surface area is 113 Å². The summed E-state index contributed by atoms with van der Waals surface area (Å²) < 4.78 is 61.9. The van der Waals surface area contributed by atoms with Crippen molar-refractivity contribution in [1.29, 1.82) is 0 Å². The summed E-state index contributed by atoms with van der Waals surface area (Å²) in [4.78, 5) is 8.73. The maximum atomic E-state index is 12.8. The van der Waals surface area contributed by atoms with Crippen molar-refractivity contribution in [3.63, 3.8) is 0 Å². The molecule has 1 aromatic carbocycles. The summed E-state index contributed by atoms with van der Waals surface area (Å²) in [6.45, 7) is -0.102. The van der Waals surface area contributed by atoms with Crippen molar-refractivity contribution < 1.29 is 26.4 Å². The van der Waals surface area contributed by atoms with Gasteiger partial charge in [-0.3, -0.25) is 10.1 Å². The van der Waals surface area contributed by atoms with Crippen LogP contribution >= 0.6 is 0 Å². The molecule has 0 saturated carbocycles. The van der Waals surface area contributed by atoms with Crippen molar-refractivity contribution in [2.45, 2.75) is 17.5 Å². The third-order valence-electron chi connectivity index (χ3n) is 3.17. The number of Topliss-reactive ketones (excluding diaryl/α,β-unsaturated/α-hetero) is 1. The van der Waals surface area contributed by atoms with Gasteiger partial charge in [0.15, 0.2) is 0 Å². The number of hydrogen-bond acceptors (Lipinski definition) is 4. The summed E-state index contributed by atoms with van der Waals surface area (Å²) in [7, 11) is -4.86. The Morgan fingerprint density at radius 3 is 2.45 bits per heavy atom. The van der Waals surface area contributed by atoms with Gasteiger partial charge in [0.1, 0.15) is 0 Å². The SMILES string of the molecule is NS(=O)(=O)C1(C(=O)C(F)(F)F)NCCc2ccccc21. The molecular formula is C11H11F3N2O3S. The van der Waals surface area contributed by atoms with E-state index in [1.807, 2.05) is 0 Å². The highest BCUT2D eigenvalue weighted by molar-refractivity contribution is 7.90. The van der Waals surface area contributed by atoms with Crippen molar-refractivity contribution in [3.8, 4) is 0 Å². The minimum Gasteiger partial charge on any atom is -0.287 e. The van der Waals surface area contributed by atoms with Gasteiger partial charge in [0.05, 0.1) is 0 Å². The smallest absolute Gasteiger partial charge is 0.287 e. The average molecular weight is 308 g/mol. The normalized spacial score (nSPS) is 23.2. The lowest BCUT2D eigenvalue weighted by Gasteiger charge is -2.36. The Morgan fingerprint density at radius 2 is 1.90 bits per heavy atom. The van der Waals surface area contributed by atoms with Crippen LogP contribution in [0.1, 0.15) is 11.1 Å². The Kier molecular flexibility index (Phi) is 3.39. The van der Waals surface area contributed by atoms with Gasteiger partial charge in [-0.1, -0.05) is 24.3 Å². The number of halogens is 3. The second-order valence-corrected chi connectivity index (χ2v) is 6.09. The van der Waals surface area contributed by atoms with Gasteiger partial charge < -0.3 is 0 Å². The van der Waals surface area contributed by atoms with E-state index in [4.69, 9.17) is 5.14 Å². The number of carbonyl (C=O) groups is 1. The van der Waals surface area contributed by atoms with Crippen LogP contribution in [-0.2, 0) is 26.1 Å². The van der Waals surface area contributed by atoms with E-state index in [0.29, 0.717) is 12.0 Å². The van der Waals surface area contributed by atoms with Gasteiger partial charge in [-0.2, -0.15) is 13.2 Å². The number of fused-ring (bicyclic) bond motifs is 1.